The third-order valence-electron chi connectivity index (χ3n) is 5.57. The van der Waals surface area contributed by atoms with Gasteiger partial charge in [-0.1, -0.05) is 0 Å². The van der Waals surface area contributed by atoms with Crippen molar-refractivity contribution in [1.82, 2.24) is 15.1 Å². The Hall–Kier alpha value is -1.60. The van der Waals surface area contributed by atoms with Crippen LogP contribution in [0.1, 0.15) is 59.2 Å². The highest BCUT2D eigenvalue weighted by Gasteiger charge is 2.29. The van der Waals surface area contributed by atoms with Crippen LogP contribution >= 0.6 is 11.3 Å². The Labute approximate surface area is 158 Å². The van der Waals surface area contributed by atoms with E-state index in [1.165, 1.54) is 0 Å². The van der Waals surface area contributed by atoms with E-state index >= 15 is 0 Å². The van der Waals surface area contributed by atoms with Crippen LogP contribution in [0.3, 0.4) is 0 Å². The first-order valence-corrected chi connectivity index (χ1v) is 10.6. The number of piperidine rings is 1. The maximum Gasteiger partial charge on any atom is 0.319 e. The SMILES string of the molecule is O=C(NC1CCN(C(=O)N2CCCC2)CC1)c1ccc([C@@H]2CCCO2)s1. The van der Waals surface area contributed by atoms with Crippen molar-refractivity contribution in [3.05, 3.63) is 21.9 Å². The van der Waals surface area contributed by atoms with Crippen LogP contribution in [-0.2, 0) is 4.74 Å². The molecule has 0 aromatic carbocycles. The average Bonchev–Trinajstić information content (AvgIpc) is 3.43. The predicted molar refractivity (Wildman–Crippen MR) is 101 cm³/mol. The third-order valence-corrected chi connectivity index (χ3v) is 6.75. The lowest BCUT2D eigenvalue weighted by molar-refractivity contribution is 0.0916. The van der Waals surface area contributed by atoms with E-state index in [0.717, 1.165) is 81.1 Å². The molecule has 0 saturated carbocycles. The smallest absolute Gasteiger partial charge is 0.319 e. The summed E-state index contributed by atoms with van der Waals surface area (Å²) in [6, 6.07) is 4.25. The first-order valence-electron chi connectivity index (χ1n) is 9.77. The topological polar surface area (TPSA) is 61.9 Å². The predicted octanol–water partition coefficient (Wildman–Crippen LogP) is 3.01. The fourth-order valence-electron chi connectivity index (χ4n) is 4.03. The molecule has 4 rings (SSSR count). The molecule has 0 unspecified atom stereocenters. The van der Waals surface area contributed by atoms with Crippen molar-refractivity contribution < 1.29 is 14.3 Å². The maximum atomic E-state index is 12.5. The van der Waals surface area contributed by atoms with E-state index in [2.05, 4.69) is 5.32 Å². The van der Waals surface area contributed by atoms with Crippen LogP contribution in [0, 0.1) is 0 Å². The van der Waals surface area contributed by atoms with Gasteiger partial charge in [-0.25, -0.2) is 4.79 Å². The highest BCUT2D eigenvalue weighted by atomic mass is 32.1. The zero-order valence-corrected chi connectivity index (χ0v) is 15.9. The molecular weight excluding hydrogens is 350 g/mol. The molecule has 0 spiro atoms. The molecule has 3 fully saturated rings. The van der Waals surface area contributed by atoms with Gasteiger partial charge in [0.1, 0.15) is 0 Å². The molecule has 26 heavy (non-hydrogen) atoms. The molecule has 142 valence electrons. The van der Waals surface area contributed by atoms with E-state index in [1.54, 1.807) is 11.3 Å². The summed E-state index contributed by atoms with van der Waals surface area (Å²) >= 11 is 1.54. The lowest BCUT2D eigenvalue weighted by Gasteiger charge is -2.34. The lowest BCUT2D eigenvalue weighted by atomic mass is 10.1. The largest absolute Gasteiger partial charge is 0.373 e. The molecule has 1 atom stereocenters. The summed E-state index contributed by atoms with van der Waals surface area (Å²) < 4.78 is 5.70. The molecular formula is C19H27N3O3S. The number of hydrogen-bond donors (Lipinski definition) is 1. The molecule has 0 radical (unpaired) electrons. The number of carbonyl (C=O) groups excluding carboxylic acids is 2. The highest BCUT2D eigenvalue weighted by Crippen LogP contribution is 2.33. The van der Waals surface area contributed by atoms with Crippen LogP contribution in [0.2, 0.25) is 0 Å². The monoisotopic (exact) mass is 377 g/mol. The van der Waals surface area contributed by atoms with Gasteiger partial charge >= 0.3 is 6.03 Å². The van der Waals surface area contributed by atoms with Gasteiger partial charge in [-0.15, -0.1) is 11.3 Å². The number of nitrogens with one attached hydrogen (secondary N) is 1. The van der Waals surface area contributed by atoms with Gasteiger partial charge in [0.2, 0.25) is 0 Å². The summed E-state index contributed by atoms with van der Waals surface area (Å²) in [5.41, 5.74) is 0. The molecule has 3 aliphatic rings. The van der Waals surface area contributed by atoms with Crippen LogP contribution in [0.25, 0.3) is 0 Å². The number of amides is 3. The fourth-order valence-corrected chi connectivity index (χ4v) is 5.03. The van der Waals surface area contributed by atoms with Crippen molar-refractivity contribution >= 4 is 23.3 Å². The van der Waals surface area contributed by atoms with Crippen LogP contribution in [-0.4, -0.2) is 60.6 Å². The Bertz CT molecular complexity index is 642. The second-order valence-corrected chi connectivity index (χ2v) is 8.53. The van der Waals surface area contributed by atoms with Gasteiger partial charge in [-0.2, -0.15) is 0 Å². The summed E-state index contributed by atoms with van der Waals surface area (Å²) in [4.78, 5) is 30.8. The molecule has 0 bridgehead atoms. The minimum atomic E-state index is 0.00330. The van der Waals surface area contributed by atoms with Gasteiger partial charge < -0.3 is 19.9 Å². The quantitative estimate of drug-likeness (QED) is 0.881. The van der Waals surface area contributed by atoms with Crippen molar-refractivity contribution in [2.75, 3.05) is 32.8 Å². The number of carbonyl (C=O) groups is 2. The zero-order valence-electron chi connectivity index (χ0n) is 15.1. The Morgan fingerprint density at radius 2 is 1.73 bits per heavy atom. The molecule has 6 nitrogen and oxygen atoms in total. The van der Waals surface area contributed by atoms with E-state index in [-0.39, 0.29) is 24.1 Å². The Morgan fingerprint density at radius 3 is 2.42 bits per heavy atom. The van der Waals surface area contributed by atoms with Crippen LogP contribution in [0.5, 0.6) is 0 Å². The standard InChI is InChI=1S/C19H27N3O3S/c23-18(17-6-5-16(26-17)15-4-3-13-25-15)20-14-7-11-22(12-8-14)19(24)21-9-1-2-10-21/h5-6,14-15H,1-4,7-13H2,(H,20,23)/t15-/m0/s1. The maximum absolute atomic E-state index is 12.5. The summed E-state index contributed by atoms with van der Waals surface area (Å²) in [6.45, 7) is 4.05. The molecule has 3 aliphatic heterocycles. The average molecular weight is 378 g/mol. The second kappa shape index (κ2) is 7.96. The van der Waals surface area contributed by atoms with Gasteiger partial charge in [0, 0.05) is 43.7 Å². The molecule has 3 amide bonds. The molecule has 4 heterocycles. The molecule has 1 aromatic heterocycles. The summed E-state index contributed by atoms with van der Waals surface area (Å²) in [6.07, 6.45) is 6.20. The van der Waals surface area contributed by atoms with Crippen molar-refractivity contribution in [3.63, 3.8) is 0 Å². The number of ether oxygens (including phenoxy) is 1. The Kier molecular flexibility index (Phi) is 5.45. The van der Waals surface area contributed by atoms with E-state index < -0.39 is 0 Å². The Morgan fingerprint density at radius 1 is 1.00 bits per heavy atom. The zero-order chi connectivity index (χ0) is 17.9. The van der Waals surface area contributed by atoms with Gasteiger partial charge in [-0.05, 0) is 50.7 Å². The van der Waals surface area contributed by atoms with Crippen LogP contribution < -0.4 is 5.32 Å². The van der Waals surface area contributed by atoms with E-state index in [1.807, 2.05) is 21.9 Å². The lowest BCUT2D eigenvalue weighted by Crippen LogP contribution is -2.50. The normalized spacial score (nSPS) is 24.2. The van der Waals surface area contributed by atoms with Gasteiger partial charge in [0.05, 0.1) is 11.0 Å². The second-order valence-electron chi connectivity index (χ2n) is 7.42. The first-order chi connectivity index (χ1) is 12.7. The number of nitrogens with zero attached hydrogens (tertiary/aromatic N) is 2. The third kappa shape index (κ3) is 3.88. The number of urea groups is 1. The van der Waals surface area contributed by atoms with Crippen molar-refractivity contribution in [2.45, 2.75) is 50.7 Å². The van der Waals surface area contributed by atoms with Crippen molar-refractivity contribution in [1.29, 1.82) is 0 Å². The number of rotatable bonds is 3. The fraction of sp³-hybridized carbons (Fsp3) is 0.684. The van der Waals surface area contributed by atoms with Gasteiger partial charge in [-0.3, -0.25) is 4.79 Å². The molecule has 0 aliphatic carbocycles. The van der Waals surface area contributed by atoms with E-state index in [9.17, 15) is 9.59 Å². The van der Waals surface area contributed by atoms with E-state index in [4.69, 9.17) is 4.74 Å². The van der Waals surface area contributed by atoms with E-state index in [0.29, 0.717) is 0 Å². The molecule has 7 heteroatoms. The van der Waals surface area contributed by atoms with Gasteiger partial charge in [0.15, 0.2) is 0 Å². The molecule has 3 saturated heterocycles. The highest BCUT2D eigenvalue weighted by molar-refractivity contribution is 7.14. The first kappa shape index (κ1) is 17.8. The number of likely N-dealkylation sites (tertiary alicyclic amines) is 2. The number of thiophene rings is 1. The molecule has 1 N–H and O–H groups in total. The molecule has 1 aromatic rings. The number of hydrogen-bond acceptors (Lipinski definition) is 4. The van der Waals surface area contributed by atoms with Crippen molar-refractivity contribution in [3.8, 4) is 0 Å². The summed E-state index contributed by atoms with van der Waals surface area (Å²) in [5, 5.41) is 3.15. The minimum Gasteiger partial charge on any atom is -0.373 e. The van der Waals surface area contributed by atoms with Crippen molar-refractivity contribution in [2.24, 2.45) is 0 Å². The van der Waals surface area contributed by atoms with Gasteiger partial charge in [0.25, 0.3) is 5.91 Å². The summed E-state index contributed by atoms with van der Waals surface area (Å²) in [7, 11) is 0. The summed E-state index contributed by atoms with van der Waals surface area (Å²) in [5.74, 6) is 0.00330. The Balaban J connectivity index is 1.26. The van der Waals surface area contributed by atoms with Crippen LogP contribution in [0.4, 0.5) is 4.79 Å². The van der Waals surface area contributed by atoms with Crippen LogP contribution in [0.15, 0.2) is 12.1 Å². The minimum absolute atomic E-state index is 0.00330.